The zero-order valence-electron chi connectivity index (χ0n) is 15.9. The Hall–Kier alpha value is -0.820. The van der Waals surface area contributed by atoms with E-state index in [1.54, 1.807) is 0 Å². The van der Waals surface area contributed by atoms with E-state index in [0.29, 0.717) is 22.7 Å². The van der Waals surface area contributed by atoms with Crippen LogP contribution in [0.25, 0.3) is 0 Å². The molecule has 0 unspecified atom stereocenters. The minimum absolute atomic E-state index is 0.137. The van der Waals surface area contributed by atoms with Crippen molar-refractivity contribution in [1.82, 2.24) is 0 Å². The lowest BCUT2D eigenvalue weighted by atomic mass is 9.43. The fourth-order valence-corrected chi connectivity index (χ4v) is 7.74. The molecular weight excluding hydrogens is 292 g/mol. The second-order valence-corrected chi connectivity index (χ2v) is 10.2. The fraction of sp³-hybridized carbons (Fsp3) is 0.739. The van der Waals surface area contributed by atoms with Gasteiger partial charge in [-0.25, -0.2) is 0 Å². The molecule has 1 aromatic rings. The summed E-state index contributed by atoms with van der Waals surface area (Å²) >= 11 is 0. The molecule has 0 heterocycles. The van der Waals surface area contributed by atoms with Gasteiger partial charge >= 0.3 is 0 Å². The van der Waals surface area contributed by atoms with Crippen molar-refractivity contribution in [3.63, 3.8) is 0 Å². The minimum Gasteiger partial charge on any atom is -0.393 e. The fourth-order valence-electron chi connectivity index (χ4n) is 7.74. The maximum atomic E-state index is 11.2. The van der Waals surface area contributed by atoms with Gasteiger partial charge in [0.05, 0.1) is 6.10 Å². The topological polar surface area (TPSA) is 20.2 Å². The highest BCUT2D eigenvalue weighted by atomic mass is 16.3. The van der Waals surface area contributed by atoms with Crippen molar-refractivity contribution in [1.29, 1.82) is 0 Å². The second-order valence-electron chi connectivity index (χ2n) is 10.2. The Kier molecular flexibility index (Phi) is 3.70. The Morgan fingerprint density at radius 3 is 2.33 bits per heavy atom. The van der Waals surface area contributed by atoms with Gasteiger partial charge in [0, 0.05) is 0 Å². The number of aliphatic hydroxyl groups excluding tert-OH is 1. The quantitative estimate of drug-likeness (QED) is 0.693. The lowest BCUT2D eigenvalue weighted by Gasteiger charge is -2.62. The standard InChI is InChI=1S/C23H34O/c1-21(2)12-8-13-23(4)19(21)11-14-22(3)17(15-18(24)20(22)23)16-9-6-5-7-10-16/h5-7,9-10,17-20,24H,8,11-15H2,1-4H3/t17-,18-,19+,20+,22-,23+/m0/s1. The van der Waals surface area contributed by atoms with Crippen LogP contribution in [0.15, 0.2) is 30.3 Å². The summed E-state index contributed by atoms with van der Waals surface area (Å²) in [5, 5.41) is 11.2. The summed E-state index contributed by atoms with van der Waals surface area (Å²) in [7, 11) is 0. The summed E-state index contributed by atoms with van der Waals surface area (Å²) in [5.74, 6) is 1.73. The van der Waals surface area contributed by atoms with Gasteiger partial charge in [-0.05, 0) is 71.7 Å². The van der Waals surface area contributed by atoms with E-state index < -0.39 is 0 Å². The van der Waals surface area contributed by atoms with Crippen molar-refractivity contribution in [2.45, 2.75) is 78.2 Å². The van der Waals surface area contributed by atoms with Gasteiger partial charge in [0.2, 0.25) is 0 Å². The Morgan fingerprint density at radius 1 is 0.917 bits per heavy atom. The predicted octanol–water partition coefficient (Wildman–Crippen LogP) is 5.78. The maximum absolute atomic E-state index is 11.2. The molecule has 0 aliphatic heterocycles. The van der Waals surface area contributed by atoms with Crippen LogP contribution in [-0.2, 0) is 0 Å². The third kappa shape index (κ3) is 2.16. The van der Waals surface area contributed by atoms with Crippen LogP contribution in [0.4, 0.5) is 0 Å². The van der Waals surface area contributed by atoms with Crippen LogP contribution < -0.4 is 0 Å². The maximum Gasteiger partial charge on any atom is 0.0585 e. The molecule has 0 amide bonds. The predicted molar refractivity (Wildman–Crippen MR) is 99.9 cm³/mol. The van der Waals surface area contributed by atoms with Gasteiger partial charge < -0.3 is 5.11 Å². The van der Waals surface area contributed by atoms with Crippen molar-refractivity contribution in [3.8, 4) is 0 Å². The van der Waals surface area contributed by atoms with Crippen molar-refractivity contribution in [3.05, 3.63) is 35.9 Å². The van der Waals surface area contributed by atoms with Crippen LogP contribution in [0.5, 0.6) is 0 Å². The monoisotopic (exact) mass is 326 g/mol. The Bertz CT molecular complexity index is 606. The van der Waals surface area contributed by atoms with Gasteiger partial charge in [0.15, 0.2) is 0 Å². The summed E-state index contributed by atoms with van der Waals surface area (Å²) < 4.78 is 0. The first kappa shape index (κ1) is 16.6. The molecule has 1 aromatic carbocycles. The Balaban J connectivity index is 1.76. The molecule has 0 spiro atoms. The second kappa shape index (κ2) is 5.34. The molecule has 1 nitrogen and oxygen atoms in total. The van der Waals surface area contributed by atoms with Crippen molar-refractivity contribution < 1.29 is 5.11 Å². The Labute approximate surface area is 147 Å². The lowest BCUT2D eigenvalue weighted by molar-refractivity contribution is -0.145. The van der Waals surface area contributed by atoms with E-state index in [1.807, 2.05) is 0 Å². The number of hydrogen-bond donors (Lipinski definition) is 1. The first-order valence-corrected chi connectivity index (χ1v) is 10.0. The molecule has 4 rings (SSSR count). The van der Waals surface area contributed by atoms with Gasteiger partial charge in [-0.15, -0.1) is 0 Å². The van der Waals surface area contributed by atoms with E-state index in [9.17, 15) is 5.11 Å². The molecule has 0 aromatic heterocycles. The first-order valence-electron chi connectivity index (χ1n) is 10.0. The molecule has 1 N–H and O–H groups in total. The molecule has 1 heteroatoms. The molecule has 3 aliphatic rings. The van der Waals surface area contributed by atoms with Crippen molar-refractivity contribution in [2.24, 2.45) is 28.1 Å². The Morgan fingerprint density at radius 2 is 1.62 bits per heavy atom. The van der Waals surface area contributed by atoms with Crippen LogP contribution in [0.1, 0.15) is 77.7 Å². The molecule has 0 bridgehead atoms. The van der Waals surface area contributed by atoms with Gasteiger partial charge in [0.1, 0.15) is 0 Å². The molecule has 0 saturated heterocycles. The summed E-state index contributed by atoms with van der Waals surface area (Å²) in [6.45, 7) is 9.98. The SMILES string of the molecule is CC1(C)CCC[C@@]2(C)[C@@H]3[C@@H](O)C[C@@H](c4ccccc4)[C@]3(C)CC[C@H]12. The van der Waals surface area contributed by atoms with Gasteiger partial charge in [-0.3, -0.25) is 0 Å². The molecule has 3 aliphatic carbocycles. The van der Waals surface area contributed by atoms with Crippen LogP contribution in [-0.4, -0.2) is 11.2 Å². The van der Waals surface area contributed by atoms with Gasteiger partial charge in [0.25, 0.3) is 0 Å². The average Bonchev–Trinajstić information content (AvgIpc) is 2.79. The number of rotatable bonds is 1. The van der Waals surface area contributed by atoms with Gasteiger partial charge in [-0.1, -0.05) is 64.4 Å². The van der Waals surface area contributed by atoms with Crippen molar-refractivity contribution >= 4 is 0 Å². The van der Waals surface area contributed by atoms with Crippen LogP contribution in [0.3, 0.4) is 0 Å². The minimum atomic E-state index is -0.137. The summed E-state index contributed by atoms with van der Waals surface area (Å²) in [4.78, 5) is 0. The van der Waals surface area contributed by atoms with E-state index in [-0.39, 0.29) is 11.5 Å². The smallest absolute Gasteiger partial charge is 0.0585 e. The number of aliphatic hydroxyl groups is 1. The molecule has 0 radical (unpaired) electrons. The van der Waals surface area contributed by atoms with Gasteiger partial charge in [-0.2, -0.15) is 0 Å². The van der Waals surface area contributed by atoms with E-state index in [0.717, 1.165) is 12.3 Å². The van der Waals surface area contributed by atoms with Crippen LogP contribution in [0, 0.1) is 28.1 Å². The van der Waals surface area contributed by atoms with E-state index in [4.69, 9.17) is 0 Å². The number of benzene rings is 1. The zero-order chi connectivity index (χ0) is 17.2. The first-order chi connectivity index (χ1) is 11.3. The van der Waals surface area contributed by atoms with Crippen LogP contribution >= 0.6 is 0 Å². The number of hydrogen-bond acceptors (Lipinski definition) is 1. The largest absolute Gasteiger partial charge is 0.393 e. The third-order valence-corrected chi connectivity index (χ3v) is 8.53. The molecule has 3 saturated carbocycles. The average molecular weight is 327 g/mol. The lowest BCUT2D eigenvalue weighted by Crippen LogP contribution is -2.56. The molecular formula is C23H34O. The van der Waals surface area contributed by atoms with E-state index in [2.05, 4.69) is 58.0 Å². The highest BCUT2D eigenvalue weighted by molar-refractivity contribution is 5.28. The van der Waals surface area contributed by atoms with Crippen LogP contribution in [0.2, 0.25) is 0 Å². The highest BCUT2D eigenvalue weighted by Crippen LogP contribution is 2.71. The van der Waals surface area contributed by atoms with E-state index >= 15 is 0 Å². The molecule has 6 atom stereocenters. The molecule has 132 valence electrons. The van der Waals surface area contributed by atoms with Crippen molar-refractivity contribution in [2.75, 3.05) is 0 Å². The zero-order valence-corrected chi connectivity index (χ0v) is 15.9. The third-order valence-electron chi connectivity index (χ3n) is 8.53. The highest BCUT2D eigenvalue weighted by Gasteiger charge is 2.65. The normalized spacial score (nSPS) is 47.0. The summed E-state index contributed by atoms with van der Waals surface area (Å²) in [6, 6.07) is 11.0. The summed E-state index contributed by atoms with van der Waals surface area (Å²) in [6.07, 6.45) is 7.42. The van der Waals surface area contributed by atoms with E-state index in [1.165, 1.54) is 37.7 Å². The summed E-state index contributed by atoms with van der Waals surface area (Å²) in [5.41, 5.74) is 2.43. The molecule has 24 heavy (non-hydrogen) atoms. The molecule has 3 fully saturated rings. The number of fused-ring (bicyclic) bond motifs is 3.